The van der Waals surface area contributed by atoms with E-state index in [-0.39, 0.29) is 23.7 Å². The average Bonchev–Trinajstić information content (AvgIpc) is 3.48. The van der Waals surface area contributed by atoms with Gasteiger partial charge in [0.05, 0.1) is 42.2 Å². The van der Waals surface area contributed by atoms with Gasteiger partial charge < -0.3 is 70.0 Å². The van der Waals surface area contributed by atoms with Gasteiger partial charge in [-0.2, -0.15) is 0 Å². The second kappa shape index (κ2) is 15.4. The molecule has 2 aliphatic heterocycles. The smallest absolute Gasteiger partial charge is 0.187 e. The summed E-state index contributed by atoms with van der Waals surface area (Å²) < 4.78 is 25.1. The molecule has 0 spiro atoms. The molecule has 2 heterocycles. The van der Waals surface area contributed by atoms with E-state index >= 15 is 0 Å². The Morgan fingerprint density at radius 2 is 1.39 bits per heavy atom. The summed E-state index contributed by atoms with van der Waals surface area (Å²) in [4.78, 5) is 0. The minimum absolute atomic E-state index is 0.0128. The van der Waals surface area contributed by atoms with Crippen LogP contribution in [-0.4, -0.2) is 149 Å². The Kier molecular flexibility index (Phi) is 12.4. The molecule has 6 fully saturated rings. The summed E-state index contributed by atoms with van der Waals surface area (Å²) >= 11 is 0. The van der Waals surface area contributed by atoms with Gasteiger partial charge in [-0.15, -0.1) is 0 Å². The minimum atomic E-state index is -1.71. The molecule has 4 saturated carbocycles. The third-order valence-corrected chi connectivity index (χ3v) is 16.7. The largest absolute Gasteiger partial charge is 0.394 e. The highest BCUT2D eigenvalue weighted by molar-refractivity contribution is 5.22. The lowest BCUT2D eigenvalue weighted by Gasteiger charge is -2.72. The van der Waals surface area contributed by atoms with Crippen LogP contribution in [-0.2, 0) is 18.9 Å². The van der Waals surface area contributed by atoms with Crippen LogP contribution in [0.2, 0.25) is 0 Å². The fraction of sp³-hybridized carbons (Fsp3) is 1.00. The summed E-state index contributed by atoms with van der Waals surface area (Å²) in [6.45, 7) is 17.1. The van der Waals surface area contributed by atoms with Gasteiger partial charge in [-0.25, -0.2) is 0 Å². The number of hydrogen-bond acceptors (Lipinski definition) is 14. The molecule has 21 atom stereocenters. The van der Waals surface area contributed by atoms with Crippen molar-refractivity contribution >= 4 is 0 Å². The maximum absolute atomic E-state index is 12.3. The van der Waals surface area contributed by atoms with Gasteiger partial charge in [-0.1, -0.05) is 34.6 Å². The number of aliphatic hydroxyl groups is 10. The second-order valence-electron chi connectivity index (χ2n) is 21.1. The Labute approximate surface area is 332 Å². The fourth-order valence-corrected chi connectivity index (χ4v) is 13.5. The van der Waals surface area contributed by atoms with Crippen molar-refractivity contribution in [3.05, 3.63) is 0 Å². The molecule has 0 bridgehead atoms. The van der Waals surface area contributed by atoms with Gasteiger partial charge in [0.25, 0.3) is 0 Å². The lowest BCUT2D eigenvalue weighted by molar-refractivity contribution is -0.382. The summed E-state index contributed by atoms with van der Waals surface area (Å²) in [5.74, 6) is -0.689. The molecule has 6 rings (SSSR count). The minimum Gasteiger partial charge on any atom is -0.394 e. The van der Waals surface area contributed by atoms with Crippen molar-refractivity contribution in [2.75, 3.05) is 6.61 Å². The Balaban J connectivity index is 1.37. The fourth-order valence-electron chi connectivity index (χ4n) is 13.5. The van der Waals surface area contributed by atoms with E-state index in [0.717, 1.165) is 12.8 Å². The molecular weight excluding hydrogens is 728 g/mol. The first-order valence-electron chi connectivity index (χ1n) is 21.2. The van der Waals surface area contributed by atoms with E-state index in [2.05, 4.69) is 20.8 Å². The van der Waals surface area contributed by atoms with Crippen LogP contribution in [0.5, 0.6) is 0 Å². The third kappa shape index (κ3) is 7.35. The zero-order valence-electron chi connectivity index (χ0n) is 35.0. The van der Waals surface area contributed by atoms with Gasteiger partial charge in [-0.3, -0.25) is 0 Å². The van der Waals surface area contributed by atoms with Crippen molar-refractivity contribution in [1.82, 2.24) is 0 Å². The number of hydrogen-bond donors (Lipinski definition) is 10. The molecule has 4 aliphatic carbocycles. The zero-order chi connectivity index (χ0) is 41.7. The van der Waals surface area contributed by atoms with Gasteiger partial charge in [0.15, 0.2) is 12.6 Å². The molecule has 0 radical (unpaired) electrons. The van der Waals surface area contributed by atoms with Crippen molar-refractivity contribution in [3.8, 4) is 0 Å². The summed E-state index contributed by atoms with van der Waals surface area (Å²) in [6.07, 6.45) is -11.2. The molecular formula is C42H74O14. The van der Waals surface area contributed by atoms with Crippen LogP contribution < -0.4 is 0 Å². The summed E-state index contributed by atoms with van der Waals surface area (Å²) in [5, 5.41) is 111. The van der Waals surface area contributed by atoms with Crippen molar-refractivity contribution < 1.29 is 70.0 Å². The SMILES string of the molecule is CC1OC(OC2C(O[C@H]3C[C@]4(C)C(C[C@@H](O)C5C([C@@](C)(O)CCCC(C)(C)O)CC[C@]54C)[C@@]4(C)CC[C@H](O)C(C)(C)C34)OC(CO)C(O)C2O)C(O)C(O)C1O. The highest BCUT2D eigenvalue weighted by Crippen LogP contribution is 2.76. The average molecular weight is 803 g/mol. The molecule has 0 aromatic rings. The van der Waals surface area contributed by atoms with Crippen LogP contribution in [0.25, 0.3) is 0 Å². The molecule has 6 aliphatic rings. The molecule has 14 heteroatoms. The van der Waals surface area contributed by atoms with E-state index in [4.69, 9.17) is 18.9 Å². The molecule has 56 heavy (non-hydrogen) atoms. The quantitative estimate of drug-likeness (QED) is 0.140. The molecule has 10 N–H and O–H groups in total. The maximum atomic E-state index is 12.3. The molecule has 0 aromatic carbocycles. The van der Waals surface area contributed by atoms with E-state index < -0.39 is 119 Å². The molecule has 2 saturated heterocycles. The van der Waals surface area contributed by atoms with E-state index in [1.165, 1.54) is 6.92 Å². The lowest BCUT2D eigenvalue weighted by Crippen LogP contribution is -2.71. The monoisotopic (exact) mass is 803 g/mol. The number of fused-ring (bicyclic) bond motifs is 5. The van der Waals surface area contributed by atoms with Gasteiger partial charge in [0.2, 0.25) is 0 Å². The predicted octanol–water partition coefficient (Wildman–Crippen LogP) is 1.34. The number of ether oxygens (including phenoxy) is 4. The van der Waals surface area contributed by atoms with Crippen molar-refractivity contribution in [1.29, 1.82) is 0 Å². The first-order valence-corrected chi connectivity index (χ1v) is 21.2. The Morgan fingerprint density at radius 3 is 2.02 bits per heavy atom. The molecule has 0 aromatic heterocycles. The van der Waals surface area contributed by atoms with Gasteiger partial charge >= 0.3 is 0 Å². The van der Waals surface area contributed by atoms with Crippen LogP contribution in [0.4, 0.5) is 0 Å². The molecule has 326 valence electrons. The van der Waals surface area contributed by atoms with E-state index in [0.29, 0.717) is 44.9 Å². The second-order valence-corrected chi connectivity index (χ2v) is 21.1. The first-order chi connectivity index (χ1) is 25.7. The van der Waals surface area contributed by atoms with Crippen LogP contribution in [0, 0.1) is 45.3 Å². The third-order valence-electron chi connectivity index (χ3n) is 16.7. The van der Waals surface area contributed by atoms with E-state index in [9.17, 15) is 51.1 Å². The van der Waals surface area contributed by atoms with Gasteiger partial charge in [-0.05, 0) is 131 Å². The molecule has 14 unspecified atom stereocenters. The number of aliphatic hydroxyl groups excluding tert-OH is 8. The van der Waals surface area contributed by atoms with E-state index in [1.807, 2.05) is 20.8 Å². The summed E-state index contributed by atoms with van der Waals surface area (Å²) in [6, 6.07) is 0. The Bertz CT molecular complexity index is 1370. The van der Waals surface area contributed by atoms with Gasteiger partial charge in [0, 0.05) is 0 Å². The Hall–Kier alpha value is -0.560. The Morgan fingerprint density at radius 1 is 0.732 bits per heavy atom. The highest BCUT2D eigenvalue weighted by atomic mass is 16.8. The maximum Gasteiger partial charge on any atom is 0.187 e. The van der Waals surface area contributed by atoms with Crippen LogP contribution in [0.1, 0.15) is 120 Å². The lowest BCUT2D eigenvalue weighted by atomic mass is 9.34. The topological polar surface area (TPSA) is 239 Å². The van der Waals surface area contributed by atoms with Crippen LogP contribution in [0.15, 0.2) is 0 Å². The molecule has 14 nitrogen and oxygen atoms in total. The predicted molar refractivity (Wildman–Crippen MR) is 202 cm³/mol. The van der Waals surface area contributed by atoms with Crippen molar-refractivity contribution in [3.63, 3.8) is 0 Å². The van der Waals surface area contributed by atoms with Crippen LogP contribution in [0.3, 0.4) is 0 Å². The normalized spacial score (nSPS) is 53.1. The standard InChI is InChI=1S/C42H74O14/c1-20-28(46)30(48)32(50)35(53-20)56-33-31(49)29(47)24(19-43)55-36(33)54-23-18-41(8)25(39(6)15-12-26(45)38(4,5)34(23)39)17-22(44)27-21(11-16-40(27,41)7)42(9,52)14-10-13-37(2,3)51/h20-36,43-52H,10-19H2,1-9H3/t20?,21?,22-,23+,24?,25?,26+,27?,28?,29?,30?,31?,32?,33?,34?,35?,36?,39-,40-,41-,42+/m1/s1. The zero-order valence-corrected chi connectivity index (χ0v) is 35.0. The summed E-state index contributed by atoms with van der Waals surface area (Å²) in [5.41, 5.74) is -3.96. The number of rotatable bonds is 10. The van der Waals surface area contributed by atoms with Crippen molar-refractivity contribution in [2.24, 2.45) is 45.3 Å². The van der Waals surface area contributed by atoms with E-state index in [1.54, 1.807) is 13.8 Å². The highest BCUT2D eigenvalue weighted by Gasteiger charge is 2.73. The van der Waals surface area contributed by atoms with Crippen molar-refractivity contribution in [2.45, 2.75) is 211 Å². The first kappa shape index (κ1) is 45.0. The molecule has 0 amide bonds. The van der Waals surface area contributed by atoms with Crippen LogP contribution >= 0.6 is 0 Å². The summed E-state index contributed by atoms with van der Waals surface area (Å²) in [7, 11) is 0. The van der Waals surface area contributed by atoms with Gasteiger partial charge in [0.1, 0.15) is 42.7 Å².